The largest absolute Gasteiger partial charge is 0.397 e. The van der Waals surface area contributed by atoms with Crippen LogP contribution >= 0.6 is 15.9 Å². The quantitative estimate of drug-likeness (QED) is 0.835. The Morgan fingerprint density at radius 1 is 1.50 bits per heavy atom. The molecule has 0 atom stereocenters. The molecular formula is C13H16BrN5O. The van der Waals surface area contributed by atoms with Crippen molar-refractivity contribution in [2.45, 2.75) is 6.54 Å². The van der Waals surface area contributed by atoms with Crippen LogP contribution in [0.5, 0.6) is 0 Å². The Bertz CT molecular complexity index is 623. The summed E-state index contributed by atoms with van der Waals surface area (Å²) in [7, 11) is 3.94. The molecule has 2 N–H and O–H groups in total. The minimum absolute atomic E-state index is 0.230. The van der Waals surface area contributed by atoms with E-state index in [0.717, 1.165) is 6.54 Å². The van der Waals surface area contributed by atoms with Crippen molar-refractivity contribution in [2.75, 3.05) is 26.4 Å². The maximum absolute atomic E-state index is 12.6. The summed E-state index contributed by atoms with van der Waals surface area (Å²) in [4.78, 5) is 18.7. The Labute approximate surface area is 125 Å². The number of nitrogen functional groups attached to an aromatic ring is 1. The average Bonchev–Trinajstić information content (AvgIpc) is 2.77. The van der Waals surface area contributed by atoms with Gasteiger partial charge in [0.1, 0.15) is 11.4 Å². The number of hydrogen-bond donors (Lipinski definition) is 1. The van der Waals surface area contributed by atoms with Crippen molar-refractivity contribution in [3.8, 4) is 0 Å². The van der Waals surface area contributed by atoms with Gasteiger partial charge in [-0.3, -0.25) is 14.5 Å². The first-order valence-corrected chi connectivity index (χ1v) is 6.91. The third kappa shape index (κ3) is 3.05. The highest BCUT2D eigenvalue weighted by molar-refractivity contribution is 9.10. The molecule has 20 heavy (non-hydrogen) atoms. The number of nitrogens with two attached hydrogens (primary N) is 1. The Morgan fingerprint density at radius 3 is 2.90 bits per heavy atom. The van der Waals surface area contributed by atoms with Gasteiger partial charge in [0.25, 0.3) is 0 Å². The predicted molar refractivity (Wildman–Crippen MR) is 80.6 cm³/mol. The van der Waals surface area contributed by atoms with Gasteiger partial charge in [-0.1, -0.05) is 0 Å². The number of anilines is 1. The van der Waals surface area contributed by atoms with Crippen molar-refractivity contribution in [2.24, 2.45) is 0 Å². The fourth-order valence-electron chi connectivity index (χ4n) is 1.77. The first-order valence-electron chi connectivity index (χ1n) is 6.12. The molecule has 0 aromatic carbocycles. The number of carbonyl (C=O) groups is 1. The molecule has 2 aromatic rings. The molecule has 2 aromatic heterocycles. The molecule has 7 heteroatoms. The van der Waals surface area contributed by atoms with Crippen LogP contribution in [0.4, 0.5) is 5.69 Å². The lowest BCUT2D eigenvalue weighted by molar-refractivity contribution is 0.102. The van der Waals surface area contributed by atoms with Crippen molar-refractivity contribution in [1.82, 2.24) is 19.7 Å². The van der Waals surface area contributed by atoms with Crippen LogP contribution in [0.15, 0.2) is 29.0 Å². The SMILES string of the molecule is CN(C)CCn1ncc(Br)c1C(=O)c1ncccc1N. The Kier molecular flexibility index (Phi) is 4.51. The first-order chi connectivity index (χ1) is 9.50. The summed E-state index contributed by atoms with van der Waals surface area (Å²) in [6, 6.07) is 3.36. The molecule has 0 aliphatic rings. The van der Waals surface area contributed by atoms with E-state index in [2.05, 4.69) is 26.0 Å². The van der Waals surface area contributed by atoms with Crippen molar-refractivity contribution in [3.63, 3.8) is 0 Å². The standard InChI is InChI=1S/C13H16BrN5O/c1-18(2)6-7-19-12(9(14)8-17-19)13(20)11-10(15)4-3-5-16-11/h3-5,8H,6-7,15H2,1-2H3. The molecule has 0 aliphatic carbocycles. The summed E-state index contributed by atoms with van der Waals surface area (Å²) in [5, 5.41) is 4.22. The molecule has 0 unspecified atom stereocenters. The molecule has 0 spiro atoms. The highest BCUT2D eigenvalue weighted by atomic mass is 79.9. The van der Waals surface area contributed by atoms with Crippen molar-refractivity contribution >= 4 is 27.4 Å². The molecule has 0 aliphatic heterocycles. The van der Waals surface area contributed by atoms with E-state index < -0.39 is 0 Å². The van der Waals surface area contributed by atoms with Gasteiger partial charge in [0.2, 0.25) is 5.78 Å². The highest BCUT2D eigenvalue weighted by Gasteiger charge is 2.21. The van der Waals surface area contributed by atoms with E-state index in [1.165, 1.54) is 0 Å². The molecular weight excluding hydrogens is 322 g/mol. The molecule has 0 saturated carbocycles. The van der Waals surface area contributed by atoms with Gasteiger partial charge in [0, 0.05) is 12.7 Å². The lowest BCUT2D eigenvalue weighted by atomic mass is 10.1. The number of hydrogen-bond acceptors (Lipinski definition) is 5. The van der Waals surface area contributed by atoms with Crippen molar-refractivity contribution in [1.29, 1.82) is 0 Å². The minimum atomic E-state index is -0.230. The van der Waals surface area contributed by atoms with Crippen molar-refractivity contribution < 1.29 is 4.79 Å². The second kappa shape index (κ2) is 6.15. The molecule has 2 heterocycles. The molecule has 106 valence electrons. The van der Waals surface area contributed by atoms with Gasteiger partial charge in [-0.05, 0) is 42.2 Å². The van der Waals surface area contributed by atoms with Gasteiger partial charge < -0.3 is 10.6 Å². The van der Waals surface area contributed by atoms with Gasteiger partial charge >= 0.3 is 0 Å². The van der Waals surface area contributed by atoms with Crippen LogP contribution in [0.1, 0.15) is 16.2 Å². The summed E-state index contributed by atoms with van der Waals surface area (Å²) in [6.07, 6.45) is 3.17. The normalized spacial score (nSPS) is 11.0. The number of likely N-dealkylation sites (N-methyl/N-ethyl adjacent to an activating group) is 1. The molecule has 0 radical (unpaired) electrons. The smallest absolute Gasteiger partial charge is 0.232 e. The number of carbonyl (C=O) groups excluding carboxylic acids is 1. The van der Waals surface area contributed by atoms with E-state index in [0.29, 0.717) is 22.4 Å². The zero-order chi connectivity index (χ0) is 14.7. The lowest BCUT2D eigenvalue weighted by Gasteiger charge is -2.12. The van der Waals surface area contributed by atoms with E-state index in [4.69, 9.17) is 5.73 Å². The van der Waals surface area contributed by atoms with Crippen LogP contribution in [0.2, 0.25) is 0 Å². The van der Waals surface area contributed by atoms with Crippen LogP contribution in [0.25, 0.3) is 0 Å². The Balaban J connectivity index is 2.35. The van der Waals surface area contributed by atoms with Gasteiger partial charge in [0.05, 0.1) is 22.9 Å². The van der Waals surface area contributed by atoms with Gasteiger partial charge in [0.15, 0.2) is 0 Å². The van der Waals surface area contributed by atoms with E-state index in [1.807, 2.05) is 19.0 Å². The van der Waals surface area contributed by atoms with Gasteiger partial charge in [-0.15, -0.1) is 0 Å². The third-order valence-electron chi connectivity index (χ3n) is 2.82. The van der Waals surface area contributed by atoms with E-state index in [9.17, 15) is 4.79 Å². The molecule has 0 saturated heterocycles. The van der Waals surface area contributed by atoms with Crippen molar-refractivity contribution in [3.05, 3.63) is 40.4 Å². The monoisotopic (exact) mass is 337 g/mol. The topological polar surface area (TPSA) is 77.0 Å². The molecule has 0 amide bonds. The van der Waals surface area contributed by atoms with Crippen LogP contribution in [-0.4, -0.2) is 46.1 Å². The number of rotatable bonds is 5. The van der Waals surface area contributed by atoms with Crippen LogP contribution in [0.3, 0.4) is 0 Å². The first kappa shape index (κ1) is 14.7. The molecule has 0 fully saturated rings. The Hall–Kier alpha value is -1.73. The average molecular weight is 338 g/mol. The van der Waals surface area contributed by atoms with Crippen LogP contribution in [0, 0.1) is 0 Å². The summed E-state index contributed by atoms with van der Waals surface area (Å²) >= 11 is 3.36. The number of aromatic nitrogens is 3. The number of pyridine rings is 1. The summed E-state index contributed by atoms with van der Waals surface area (Å²) in [6.45, 7) is 1.40. The summed E-state index contributed by atoms with van der Waals surface area (Å²) in [5.41, 5.74) is 6.90. The Morgan fingerprint density at radius 2 is 2.25 bits per heavy atom. The third-order valence-corrected chi connectivity index (χ3v) is 3.40. The van der Waals surface area contributed by atoms with Gasteiger partial charge in [-0.25, -0.2) is 0 Å². The maximum Gasteiger partial charge on any atom is 0.232 e. The summed E-state index contributed by atoms with van der Waals surface area (Å²) in [5.74, 6) is -0.230. The second-order valence-electron chi connectivity index (χ2n) is 4.64. The van der Waals surface area contributed by atoms with E-state index in [1.54, 1.807) is 29.2 Å². The predicted octanol–water partition coefficient (Wildman–Crippen LogP) is 1.42. The molecule has 2 rings (SSSR count). The number of nitrogens with zero attached hydrogens (tertiary/aromatic N) is 4. The molecule has 6 nitrogen and oxygen atoms in total. The minimum Gasteiger partial charge on any atom is -0.397 e. The zero-order valence-corrected chi connectivity index (χ0v) is 13.0. The number of ketones is 1. The maximum atomic E-state index is 12.6. The van der Waals surface area contributed by atoms with E-state index in [-0.39, 0.29) is 11.5 Å². The summed E-state index contributed by atoms with van der Waals surface area (Å²) < 4.78 is 2.31. The fraction of sp³-hybridized carbons (Fsp3) is 0.308. The lowest BCUT2D eigenvalue weighted by Crippen LogP contribution is -2.22. The molecule has 0 bridgehead atoms. The number of halogens is 1. The highest BCUT2D eigenvalue weighted by Crippen LogP contribution is 2.21. The van der Waals surface area contributed by atoms with Crippen LogP contribution < -0.4 is 5.73 Å². The zero-order valence-electron chi connectivity index (χ0n) is 11.4. The van der Waals surface area contributed by atoms with E-state index >= 15 is 0 Å². The fourth-order valence-corrected chi connectivity index (χ4v) is 2.25. The van der Waals surface area contributed by atoms with Crippen LogP contribution in [-0.2, 0) is 6.54 Å². The van der Waals surface area contributed by atoms with Gasteiger partial charge in [-0.2, -0.15) is 5.10 Å². The second-order valence-corrected chi connectivity index (χ2v) is 5.49.